The van der Waals surface area contributed by atoms with Crippen LogP contribution in [0, 0.1) is 13.8 Å². The number of carbonyl (C=O) groups is 1. The molecular formula is C19H22ClNO2. The molecule has 0 aliphatic rings. The lowest BCUT2D eigenvalue weighted by molar-refractivity contribution is -0.127. The molecule has 0 saturated heterocycles. The normalized spacial score (nSPS) is 13.3. The van der Waals surface area contributed by atoms with Crippen LogP contribution in [0.3, 0.4) is 0 Å². The first-order chi connectivity index (χ1) is 10.9. The minimum Gasteiger partial charge on any atom is -0.479 e. The van der Waals surface area contributed by atoms with Crippen LogP contribution < -0.4 is 10.1 Å². The molecule has 0 aromatic heterocycles. The van der Waals surface area contributed by atoms with Crippen molar-refractivity contribution in [2.75, 3.05) is 0 Å². The first-order valence-electron chi connectivity index (χ1n) is 7.67. The molecule has 1 N–H and O–H groups in total. The van der Waals surface area contributed by atoms with Crippen molar-refractivity contribution in [3.8, 4) is 5.75 Å². The lowest BCUT2D eigenvalue weighted by Crippen LogP contribution is -2.38. The van der Waals surface area contributed by atoms with Gasteiger partial charge in [-0.1, -0.05) is 47.5 Å². The van der Waals surface area contributed by atoms with E-state index in [4.69, 9.17) is 16.3 Å². The Bertz CT molecular complexity index is 700. The zero-order valence-electron chi connectivity index (χ0n) is 13.9. The van der Waals surface area contributed by atoms with Crippen LogP contribution in [-0.4, -0.2) is 12.0 Å². The number of aryl methyl sites for hydroxylation is 2. The van der Waals surface area contributed by atoms with Crippen molar-refractivity contribution in [1.29, 1.82) is 0 Å². The van der Waals surface area contributed by atoms with E-state index in [0.29, 0.717) is 10.8 Å². The van der Waals surface area contributed by atoms with Crippen LogP contribution in [0.5, 0.6) is 5.75 Å². The smallest absolute Gasteiger partial charge is 0.261 e. The summed E-state index contributed by atoms with van der Waals surface area (Å²) in [6.07, 6.45) is -0.623. The molecule has 0 saturated carbocycles. The van der Waals surface area contributed by atoms with E-state index in [2.05, 4.69) is 23.5 Å². The van der Waals surface area contributed by atoms with E-state index in [1.165, 1.54) is 5.56 Å². The SMILES string of the molecule is Cc1ccc(C)c([C@H](C)NC(=O)[C@@H](C)Oc2ccccc2Cl)c1. The van der Waals surface area contributed by atoms with Gasteiger partial charge in [-0.15, -0.1) is 0 Å². The van der Waals surface area contributed by atoms with Gasteiger partial charge in [0.1, 0.15) is 5.75 Å². The molecule has 122 valence electrons. The van der Waals surface area contributed by atoms with E-state index in [1.807, 2.05) is 32.9 Å². The van der Waals surface area contributed by atoms with Crippen LogP contribution in [0.25, 0.3) is 0 Å². The third kappa shape index (κ3) is 4.49. The van der Waals surface area contributed by atoms with Gasteiger partial charge in [0.15, 0.2) is 6.10 Å². The van der Waals surface area contributed by atoms with Gasteiger partial charge in [0.05, 0.1) is 11.1 Å². The number of rotatable bonds is 5. The number of halogens is 1. The Morgan fingerprint density at radius 3 is 2.52 bits per heavy atom. The Hall–Kier alpha value is -2.00. The Balaban J connectivity index is 2.03. The van der Waals surface area contributed by atoms with E-state index in [0.717, 1.165) is 11.1 Å². The molecule has 2 rings (SSSR count). The van der Waals surface area contributed by atoms with Crippen molar-refractivity contribution < 1.29 is 9.53 Å². The van der Waals surface area contributed by atoms with Crippen LogP contribution in [0.2, 0.25) is 5.02 Å². The number of nitrogens with one attached hydrogen (secondary N) is 1. The molecule has 0 fully saturated rings. The number of para-hydroxylation sites is 1. The highest BCUT2D eigenvalue weighted by atomic mass is 35.5. The van der Waals surface area contributed by atoms with Gasteiger partial charge >= 0.3 is 0 Å². The summed E-state index contributed by atoms with van der Waals surface area (Å²) in [7, 11) is 0. The van der Waals surface area contributed by atoms with Crippen molar-refractivity contribution >= 4 is 17.5 Å². The molecular weight excluding hydrogens is 310 g/mol. The zero-order valence-corrected chi connectivity index (χ0v) is 14.6. The number of amides is 1. The Morgan fingerprint density at radius 2 is 1.83 bits per heavy atom. The predicted octanol–water partition coefficient (Wildman–Crippen LogP) is 4.60. The Kier molecular flexibility index (Phi) is 5.67. The molecule has 0 spiro atoms. The van der Waals surface area contributed by atoms with Crippen LogP contribution >= 0.6 is 11.6 Å². The maximum absolute atomic E-state index is 12.4. The fourth-order valence-corrected chi connectivity index (χ4v) is 2.60. The molecule has 23 heavy (non-hydrogen) atoms. The van der Waals surface area contributed by atoms with E-state index < -0.39 is 6.10 Å². The molecule has 0 radical (unpaired) electrons. The Labute approximate surface area is 142 Å². The van der Waals surface area contributed by atoms with Crippen molar-refractivity contribution in [2.24, 2.45) is 0 Å². The summed E-state index contributed by atoms with van der Waals surface area (Å²) in [6.45, 7) is 7.78. The minimum absolute atomic E-state index is 0.0836. The summed E-state index contributed by atoms with van der Waals surface area (Å²) in [6, 6.07) is 13.3. The maximum atomic E-state index is 12.4. The minimum atomic E-state index is -0.623. The second-order valence-electron chi connectivity index (χ2n) is 5.78. The van der Waals surface area contributed by atoms with Gasteiger partial charge in [-0.3, -0.25) is 4.79 Å². The average Bonchev–Trinajstić information content (AvgIpc) is 2.51. The molecule has 2 aromatic rings. The summed E-state index contributed by atoms with van der Waals surface area (Å²) in [5.74, 6) is 0.342. The summed E-state index contributed by atoms with van der Waals surface area (Å²) in [4.78, 5) is 12.4. The van der Waals surface area contributed by atoms with Gasteiger partial charge in [0.25, 0.3) is 5.91 Å². The highest BCUT2D eigenvalue weighted by molar-refractivity contribution is 6.32. The van der Waals surface area contributed by atoms with Crippen molar-refractivity contribution in [2.45, 2.75) is 39.8 Å². The van der Waals surface area contributed by atoms with Crippen LogP contribution in [0.1, 0.15) is 36.6 Å². The lowest BCUT2D eigenvalue weighted by atomic mass is 10.00. The first-order valence-corrected chi connectivity index (χ1v) is 8.05. The predicted molar refractivity (Wildman–Crippen MR) is 94.0 cm³/mol. The van der Waals surface area contributed by atoms with Crippen LogP contribution in [-0.2, 0) is 4.79 Å². The Morgan fingerprint density at radius 1 is 1.13 bits per heavy atom. The van der Waals surface area contributed by atoms with Crippen LogP contribution in [0.15, 0.2) is 42.5 Å². The number of carbonyl (C=O) groups excluding carboxylic acids is 1. The molecule has 0 aliphatic carbocycles. The topological polar surface area (TPSA) is 38.3 Å². The standard InChI is InChI=1S/C19H22ClNO2/c1-12-9-10-13(2)16(11-12)14(3)21-19(22)15(4)23-18-8-6-5-7-17(18)20/h5-11,14-15H,1-4H3,(H,21,22)/t14-,15+/m0/s1. The van der Waals surface area contributed by atoms with Gasteiger partial charge < -0.3 is 10.1 Å². The molecule has 1 amide bonds. The zero-order chi connectivity index (χ0) is 17.0. The summed E-state index contributed by atoms with van der Waals surface area (Å²) < 4.78 is 5.65. The fourth-order valence-electron chi connectivity index (χ4n) is 2.42. The molecule has 2 atom stereocenters. The van der Waals surface area contributed by atoms with Crippen LogP contribution in [0.4, 0.5) is 0 Å². The molecule has 3 nitrogen and oxygen atoms in total. The summed E-state index contributed by atoms with van der Waals surface area (Å²) in [5.41, 5.74) is 3.44. The molecule has 4 heteroatoms. The van der Waals surface area contributed by atoms with Gasteiger partial charge in [0, 0.05) is 0 Å². The number of hydrogen-bond acceptors (Lipinski definition) is 2. The molecule has 0 unspecified atom stereocenters. The quantitative estimate of drug-likeness (QED) is 0.869. The summed E-state index contributed by atoms with van der Waals surface area (Å²) in [5, 5.41) is 3.49. The third-order valence-electron chi connectivity index (χ3n) is 3.77. The largest absolute Gasteiger partial charge is 0.479 e. The van der Waals surface area contributed by atoms with Crippen molar-refractivity contribution in [3.63, 3.8) is 0 Å². The van der Waals surface area contributed by atoms with Gasteiger partial charge in [0.2, 0.25) is 0 Å². The molecule has 0 aliphatic heterocycles. The lowest BCUT2D eigenvalue weighted by Gasteiger charge is -2.21. The molecule has 2 aromatic carbocycles. The van der Waals surface area contributed by atoms with E-state index in [1.54, 1.807) is 19.1 Å². The third-order valence-corrected chi connectivity index (χ3v) is 4.08. The first kappa shape index (κ1) is 17.4. The van der Waals surface area contributed by atoms with Gasteiger partial charge in [-0.25, -0.2) is 0 Å². The second kappa shape index (κ2) is 7.51. The van der Waals surface area contributed by atoms with Crippen molar-refractivity contribution in [3.05, 3.63) is 64.2 Å². The van der Waals surface area contributed by atoms with E-state index in [-0.39, 0.29) is 11.9 Å². The monoisotopic (exact) mass is 331 g/mol. The molecule has 0 bridgehead atoms. The fraction of sp³-hybridized carbons (Fsp3) is 0.316. The highest BCUT2D eigenvalue weighted by Gasteiger charge is 2.19. The number of hydrogen-bond donors (Lipinski definition) is 1. The number of benzene rings is 2. The summed E-state index contributed by atoms with van der Waals surface area (Å²) >= 11 is 6.06. The van der Waals surface area contributed by atoms with E-state index >= 15 is 0 Å². The number of ether oxygens (including phenoxy) is 1. The highest BCUT2D eigenvalue weighted by Crippen LogP contribution is 2.24. The van der Waals surface area contributed by atoms with Crippen molar-refractivity contribution in [1.82, 2.24) is 5.32 Å². The van der Waals surface area contributed by atoms with Gasteiger partial charge in [-0.2, -0.15) is 0 Å². The molecule has 0 heterocycles. The second-order valence-corrected chi connectivity index (χ2v) is 6.19. The van der Waals surface area contributed by atoms with Gasteiger partial charge in [-0.05, 0) is 51.0 Å². The average molecular weight is 332 g/mol. The maximum Gasteiger partial charge on any atom is 0.261 e. The van der Waals surface area contributed by atoms with E-state index in [9.17, 15) is 4.79 Å².